The van der Waals surface area contributed by atoms with Gasteiger partial charge in [0.25, 0.3) is 0 Å². The summed E-state index contributed by atoms with van der Waals surface area (Å²) >= 11 is 0. The zero-order chi connectivity index (χ0) is 24.1. The Morgan fingerprint density at radius 1 is 1.26 bits per heavy atom. The van der Waals surface area contributed by atoms with E-state index in [1.807, 2.05) is 25.1 Å². The molecule has 1 aliphatic rings. The quantitative estimate of drug-likeness (QED) is 0.485. The van der Waals surface area contributed by atoms with Crippen LogP contribution in [0.1, 0.15) is 31.7 Å². The fourth-order valence-electron chi connectivity index (χ4n) is 4.36. The molecule has 34 heavy (non-hydrogen) atoms. The molecule has 8 nitrogen and oxygen atoms in total. The van der Waals surface area contributed by atoms with Crippen molar-refractivity contribution in [3.05, 3.63) is 48.0 Å². The largest absolute Gasteiger partial charge is 0.507 e. The molecule has 3 N–H and O–H groups in total. The molecule has 2 heterocycles. The second-order valence-electron chi connectivity index (χ2n) is 8.97. The minimum absolute atomic E-state index is 0.0127. The van der Waals surface area contributed by atoms with Gasteiger partial charge in [0.15, 0.2) is 5.82 Å². The van der Waals surface area contributed by atoms with Crippen molar-refractivity contribution in [3.8, 4) is 17.1 Å². The zero-order valence-corrected chi connectivity index (χ0v) is 19.7. The third kappa shape index (κ3) is 5.56. The number of amides is 1. The number of alkyl carbamates (subject to hydrolysis) is 1. The van der Waals surface area contributed by atoms with Crippen LogP contribution in [0, 0.1) is 12.8 Å². The number of ether oxygens (including phenoxy) is 1. The van der Waals surface area contributed by atoms with E-state index < -0.39 is 6.09 Å². The summed E-state index contributed by atoms with van der Waals surface area (Å²) in [4.78, 5) is 24.0. The van der Waals surface area contributed by atoms with Gasteiger partial charge in [-0.15, -0.1) is 0 Å². The van der Waals surface area contributed by atoms with Crippen LogP contribution < -0.4 is 10.2 Å². The standard InChI is InChI=1S/C26H32N4O4/c1-17-9-10-20-22(14-17)28-24(21-7-3-4-8-23(21)32)29-25(20)30-12-5-6-19(16-30)15-27-26(33)34-18(2)11-13-31/h3-4,7-10,14,18-19,31-32H,5-6,11-13,15-16H2,1-2H3,(H,27,33). The van der Waals surface area contributed by atoms with Crippen LogP contribution in [-0.4, -0.2) is 58.6 Å². The van der Waals surface area contributed by atoms with E-state index in [2.05, 4.69) is 22.3 Å². The van der Waals surface area contributed by atoms with Gasteiger partial charge in [0.05, 0.1) is 11.1 Å². The third-order valence-electron chi connectivity index (χ3n) is 6.17. The van der Waals surface area contributed by atoms with E-state index in [9.17, 15) is 9.90 Å². The normalized spacial score (nSPS) is 16.9. The molecule has 1 aromatic heterocycles. The average Bonchev–Trinajstić information content (AvgIpc) is 2.82. The number of phenolic OH excluding ortho intramolecular Hbond substituents is 1. The number of rotatable bonds is 7. The summed E-state index contributed by atoms with van der Waals surface area (Å²) in [6.07, 6.45) is 1.62. The molecule has 8 heteroatoms. The summed E-state index contributed by atoms with van der Waals surface area (Å²) < 4.78 is 5.27. The molecule has 4 rings (SSSR count). The minimum atomic E-state index is -0.456. The number of aromatic nitrogens is 2. The molecule has 1 amide bonds. The van der Waals surface area contributed by atoms with Crippen molar-refractivity contribution in [1.29, 1.82) is 0 Å². The van der Waals surface area contributed by atoms with E-state index in [1.165, 1.54) is 0 Å². The summed E-state index contributed by atoms with van der Waals surface area (Å²) in [6, 6.07) is 13.3. The molecular weight excluding hydrogens is 432 g/mol. The Kier molecular flexibility index (Phi) is 7.47. The molecule has 1 saturated heterocycles. The Bertz CT molecular complexity index is 1150. The van der Waals surface area contributed by atoms with Crippen molar-refractivity contribution in [3.63, 3.8) is 0 Å². The molecule has 0 saturated carbocycles. The highest BCUT2D eigenvalue weighted by Crippen LogP contribution is 2.33. The lowest BCUT2D eigenvalue weighted by atomic mass is 9.97. The first kappa shape index (κ1) is 23.8. The highest BCUT2D eigenvalue weighted by atomic mass is 16.6. The topological polar surface area (TPSA) is 108 Å². The molecule has 0 bridgehead atoms. The van der Waals surface area contributed by atoms with E-state index in [0.29, 0.717) is 24.4 Å². The maximum Gasteiger partial charge on any atom is 0.407 e. The second-order valence-corrected chi connectivity index (χ2v) is 8.97. The van der Waals surface area contributed by atoms with Crippen LogP contribution in [0.15, 0.2) is 42.5 Å². The summed E-state index contributed by atoms with van der Waals surface area (Å²) in [7, 11) is 0. The van der Waals surface area contributed by atoms with Crippen LogP contribution in [0.3, 0.4) is 0 Å². The van der Waals surface area contributed by atoms with E-state index in [0.717, 1.165) is 48.2 Å². The third-order valence-corrected chi connectivity index (χ3v) is 6.17. The fourth-order valence-corrected chi connectivity index (χ4v) is 4.36. The monoisotopic (exact) mass is 464 g/mol. The maximum absolute atomic E-state index is 12.1. The smallest absolute Gasteiger partial charge is 0.407 e. The average molecular weight is 465 g/mol. The highest BCUT2D eigenvalue weighted by molar-refractivity contribution is 5.92. The molecule has 3 aromatic rings. The Morgan fingerprint density at radius 2 is 2.09 bits per heavy atom. The number of carbonyl (C=O) groups is 1. The van der Waals surface area contributed by atoms with Gasteiger partial charge in [-0.2, -0.15) is 0 Å². The number of fused-ring (bicyclic) bond motifs is 1. The summed E-state index contributed by atoms with van der Waals surface area (Å²) in [5.74, 6) is 1.73. The zero-order valence-electron chi connectivity index (χ0n) is 19.7. The molecule has 180 valence electrons. The number of piperidine rings is 1. The lowest BCUT2D eigenvalue weighted by Gasteiger charge is -2.34. The van der Waals surface area contributed by atoms with Gasteiger partial charge in [-0.05, 0) is 62.4 Å². The lowest BCUT2D eigenvalue weighted by molar-refractivity contribution is 0.0890. The van der Waals surface area contributed by atoms with Gasteiger partial charge >= 0.3 is 6.09 Å². The predicted molar refractivity (Wildman–Crippen MR) is 132 cm³/mol. The van der Waals surface area contributed by atoms with Crippen molar-refractivity contribution in [2.24, 2.45) is 5.92 Å². The summed E-state index contributed by atoms with van der Waals surface area (Å²) in [6.45, 7) is 5.89. The summed E-state index contributed by atoms with van der Waals surface area (Å²) in [5, 5.41) is 23.2. The summed E-state index contributed by atoms with van der Waals surface area (Å²) in [5.41, 5.74) is 2.54. The van der Waals surface area contributed by atoms with Crippen LogP contribution in [-0.2, 0) is 4.74 Å². The first-order valence-electron chi connectivity index (χ1n) is 11.8. The number of aromatic hydroxyl groups is 1. The van der Waals surface area contributed by atoms with Crippen LogP contribution >= 0.6 is 0 Å². The van der Waals surface area contributed by atoms with Crippen LogP contribution in [0.2, 0.25) is 0 Å². The number of anilines is 1. The Labute approximate surface area is 199 Å². The molecule has 2 aromatic carbocycles. The van der Waals surface area contributed by atoms with Gasteiger partial charge < -0.3 is 25.2 Å². The SMILES string of the molecule is Cc1ccc2c(N3CCCC(CNC(=O)OC(C)CCO)C3)nc(-c3ccccc3O)nc2c1. The number of hydrogen-bond donors (Lipinski definition) is 3. The van der Waals surface area contributed by atoms with Crippen molar-refractivity contribution >= 4 is 22.8 Å². The Hall–Kier alpha value is -3.39. The molecule has 1 fully saturated rings. The van der Waals surface area contributed by atoms with Gasteiger partial charge in [0.1, 0.15) is 17.7 Å². The lowest BCUT2D eigenvalue weighted by Crippen LogP contribution is -2.42. The molecule has 1 aliphatic heterocycles. The van der Waals surface area contributed by atoms with Crippen molar-refractivity contribution in [2.45, 2.75) is 39.2 Å². The first-order chi connectivity index (χ1) is 16.4. The van der Waals surface area contributed by atoms with E-state index in [4.69, 9.17) is 19.8 Å². The maximum atomic E-state index is 12.1. The second kappa shape index (κ2) is 10.7. The minimum Gasteiger partial charge on any atom is -0.507 e. The molecule has 0 aliphatic carbocycles. The van der Waals surface area contributed by atoms with Crippen LogP contribution in [0.5, 0.6) is 5.75 Å². The number of aliphatic hydroxyl groups is 1. The van der Waals surface area contributed by atoms with Gasteiger partial charge in [-0.1, -0.05) is 18.2 Å². The molecule has 2 unspecified atom stereocenters. The van der Waals surface area contributed by atoms with Gasteiger partial charge in [0.2, 0.25) is 0 Å². The van der Waals surface area contributed by atoms with Crippen LogP contribution in [0.4, 0.5) is 10.6 Å². The van der Waals surface area contributed by atoms with E-state index >= 15 is 0 Å². The molecule has 0 radical (unpaired) electrons. The van der Waals surface area contributed by atoms with Crippen molar-refractivity contribution in [2.75, 3.05) is 31.1 Å². The number of hydrogen-bond acceptors (Lipinski definition) is 7. The highest BCUT2D eigenvalue weighted by Gasteiger charge is 2.24. The fraction of sp³-hybridized carbons (Fsp3) is 0.423. The molecule has 2 atom stereocenters. The Morgan fingerprint density at radius 3 is 2.88 bits per heavy atom. The number of aliphatic hydroxyl groups excluding tert-OH is 1. The number of carbonyl (C=O) groups excluding carboxylic acids is 1. The van der Waals surface area contributed by atoms with Gasteiger partial charge in [0, 0.05) is 38.0 Å². The van der Waals surface area contributed by atoms with Crippen molar-refractivity contribution in [1.82, 2.24) is 15.3 Å². The van der Waals surface area contributed by atoms with E-state index in [1.54, 1.807) is 19.1 Å². The number of phenols is 1. The van der Waals surface area contributed by atoms with E-state index in [-0.39, 0.29) is 24.4 Å². The van der Waals surface area contributed by atoms with Crippen molar-refractivity contribution < 1.29 is 19.7 Å². The molecule has 0 spiro atoms. The number of benzene rings is 2. The number of para-hydroxylation sites is 1. The van der Waals surface area contributed by atoms with Gasteiger partial charge in [-0.3, -0.25) is 0 Å². The predicted octanol–water partition coefficient (Wildman–Crippen LogP) is 4.02. The van der Waals surface area contributed by atoms with Crippen LogP contribution in [0.25, 0.3) is 22.3 Å². The number of nitrogens with zero attached hydrogens (tertiary/aromatic N) is 3. The van der Waals surface area contributed by atoms with Gasteiger partial charge in [-0.25, -0.2) is 14.8 Å². The number of aryl methyl sites for hydroxylation is 1. The Balaban J connectivity index is 1.56. The first-order valence-corrected chi connectivity index (χ1v) is 11.8. The number of nitrogens with one attached hydrogen (secondary N) is 1. The molecular formula is C26H32N4O4.